The lowest BCUT2D eigenvalue weighted by Gasteiger charge is -2.10. The summed E-state index contributed by atoms with van der Waals surface area (Å²) in [6.07, 6.45) is 0. The lowest BCUT2D eigenvalue weighted by atomic mass is 9.98. The summed E-state index contributed by atoms with van der Waals surface area (Å²) < 4.78 is 6.00. The monoisotopic (exact) mass is 279 g/mol. The Morgan fingerprint density at radius 2 is 1.89 bits per heavy atom. The van der Waals surface area contributed by atoms with Crippen molar-refractivity contribution in [1.29, 1.82) is 0 Å². The second kappa shape index (κ2) is 5.56. The van der Waals surface area contributed by atoms with Gasteiger partial charge >= 0.3 is 0 Å². The number of fused-ring (bicyclic) bond motifs is 1. The van der Waals surface area contributed by atoms with E-state index in [2.05, 4.69) is 46.0 Å². The summed E-state index contributed by atoms with van der Waals surface area (Å²) in [4.78, 5) is 0. The summed E-state index contributed by atoms with van der Waals surface area (Å²) in [5, 5.41) is 5.27. The summed E-state index contributed by atoms with van der Waals surface area (Å²) in [6, 6.07) is 4.56. The van der Waals surface area contributed by atoms with E-state index >= 15 is 0 Å². The lowest BCUT2D eigenvalue weighted by Crippen LogP contribution is -2.22. The quantitative estimate of drug-likeness (QED) is 0.850. The minimum absolute atomic E-state index is 0.420. The van der Waals surface area contributed by atoms with Crippen LogP contribution < -0.4 is 5.32 Å². The lowest BCUT2D eigenvalue weighted by molar-refractivity contribution is 0.480. The molecule has 0 saturated heterocycles. The molecule has 0 saturated carbocycles. The van der Waals surface area contributed by atoms with Crippen LogP contribution >= 0.6 is 11.6 Å². The van der Waals surface area contributed by atoms with Crippen LogP contribution in [0, 0.1) is 6.92 Å². The van der Waals surface area contributed by atoms with E-state index < -0.39 is 0 Å². The van der Waals surface area contributed by atoms with Crippen molar-refractivity contribution in [2.24, 2.45) is 0 Å². The molecule has 0 unspecified atom stereocenters. The van der Waals surface area contributed by atoms with E-state index in [-0.39, 0.29) is 0 Å². The van der Waals surface area contributed by atoms with Crippen LogP contribution in [0.5, 0.6) is 0 Å². The van der Waals surface area contributed by atoms with Gasteiger partial charge in [0.15, 0.2) is 5.58 Å². The van der Waals surface area contributed by atoms with E-state index in [1.54, 1.807) is 0 Å². The summed E-state index contributed by atoms with van der Waals surface area (Å²) in [5.74, 6) is 1.43. The van der Waals surface area contributed by atoms with Gasteiger partial charge in [0.2, 0.25) is 0 Å². The van der Waals surface area contributed by atoms with Crippen LogP contribution in [0.4, 0.5) is 0 Å². The highest BCUT2D eigenvalue weighted by Gasteiger charge is 2.19. The number of hydrogen-bond acceptors (Lipinski definition) is 2. The predicted molar refractivity (Wildman–Crippen MR) is 82.0 cm³/mol. The molecule has 2 nitrogen and oxygen atoms in total. The van der Waals surface area contributed by atoms with Gasteiger partial charge in [0.1, 0.15) is 5.76 Å². The molecular formula is C16H22ClNO. The van der Waals surface area contributed by atoms with Crippen molar-refractivity contribution in [2.45, 2.75) is 53.1 Å². The Balaban J connectivity index is 2.57. The maximum Gasteiger partial charge on any atom is 0.153 e. The van der Waals surface area contributed by atoms with Gasteiger partial charge in [0, 0.05) is 17.0 Å². The van der Waals surface area contributed by atoms with Crippen molar-refractivity contribution in [3.05, 3.63) is 34.0 Å². The van der Waals surface area contributed by atoms with Crippen LogP contribution in [-0.4, -0.2) is 6.04 Å². The number of halogens is 1. The van der Waals surface area contributed by atoms with Crippen molar-refractivity contribution in [1.82, 2.24) is 5.32 Å². The molecule has 0 radical (unpaired) electrons. The summed E-state index contributed by atoms with van der Waals surface area (Å²) in [5.41, 5.74) is 3.26. The van der Waals surface area contributed by atoms with Crippen molar-refractivity contribution in [3.63, 3.8) is 0 Å². The van der Waals surface area contributed by atoms with Gasteiger partial charge in [-0.25, -0.2) is 0 Å². The second-order valence-corrected chi connectivity index (χ2v) is 6.16. The molecular weight excluding hydrogens is 258 g/mol. The average Bonchev–Trinajstić information content (AvgIpc) is 2.64. The zero-order valence-corrected chi connectivity index (χ0v) is 13.1. The zero-order chi connectivity index (χ0) is 14.2. The van der Waals surface area contributed by atoms with E-state index in [0.717, 1.165) is 23.3 Å². The molecule has 2 rings (SSSR count). The van der Waals surface area contributed by atoms with Crippen LogP contribution in [0.3, 0.4) is 0 Å². The standard InChI is InChI=1S/C16H22ClNO/c1-9(2)15-12-6-11(5)7-13(17)16(12)19-14(15)8-18-10(3)4/h6-7,9-10,18H,8H2,1-5H3. The third-order valence-electron chi connectivity index (χ3n) is 3.25. The molecule has 0 amide bonds. The van der Waals surface area contributed by atoms with Crippen molar-refractivity contribution in [2.75, 3.05) is 0 Å². The van der Waals surface area contributed by atoms with Crippen molar-refractivity contribution < 1.29 is 4.42 Å². The second-order valence-electron chi connectivity index (χ2n) is 5.75. The van der Waals surface area contributed by atoms with Gasteiger partial charge in [-0.3, -0.25) is 0 Å². The van der Waals surface area contributed by atoms with Crippen LogP contribution in [0.25, 0.3) is 11.0 Å². The number of nitrogens with one attached hydrogen (secondary N) is 1. The molecule has 1 aromatic heterocycles. The van der Waals surface area contributed by atoms with Crippen molar-refractivity contribution in [3.8, 4) is 0 Å². The van der Waals surface area contributed by atoms with Gasteiger partial charge in [0.05, 0.1) is 11.6 Å². The largest absolute Gasteiger partial charge is 0.458 e. The highest BCUT2D eigenvalue weighted by molar-refractivity contribution is 6.35. The highest BCUT2D eigenvalue weighted by atomic mass is 35.5. The Hall–Kier alpha value is -0.990. The first kappa shape index (κ1) is 14.4. The zero-order valence-electron chi connectivity index (χ0n) is 12.3. The minimum atomic E-state index is 0.420. The van der Waals surface area contributed by atoms with Gasteiger partial charge < -0.3 is 9.73 Å². The first-order valence-electron chi connectivity index (χ1n) is 6.85. The first-order chi connectivity index (χ1) is 8.90. The van der Waals surface area contributed by atoms with Gasteiger partial charge in [-0.05, 0) is 30.5 Å². The fraction of sp³-hybridized carbons (Fsp3) is 0.500. The number of furan rings is 1. The smallest absolute Gasteiger partial charge is 0.153 e. The molecule has 19 heavy (non-hydrogen) atoms. The Morgan fingerprint density at radius 1 is 1.21 bits per heavy atom. The number of rotatable bonds is 4. The van der Waals surface area contributed by atoms with E-state index in [1.165, 1.54) is 11.1 Å². The number of aryl methyl sites for hydroxylation is 1. The van der Waals surface area contributed by atoms with E-state index in [0.29, 0.717) is 17.0 Å². The maximum absolute atomic E-state index is 6.30. The average molecular weight is 280 g/mol. The van der Waals surface area contributed by atoms with E-state index in [4.69, 9.17) is 16.0 Å². The van der Waals surface area contributed by atoms with Gasteiger partial charge in [-0.15, -0.1) is 0 Å². The molecule has 104 valence electrons. The fourth-order valence-corrected chi connectivity index (χ4v) is 2.73. The van der Waals surface area contributed by atoms with Crippen molar-refractivity contribution >= 4 is 22.6 Å². The molecule has 1 heterocycles. The molecule has 0 aliphatic heterocycles. The minimum Gasteiger partial charge on any atom is -0.458 e. The predicted octanol–water partition coefficient (Wildman–Crippen LogP) is 5.02. The molecule has 0 aliphatic rings. The van der Waals surface area contributed by atoms with Gasteiger partial charge in [0.25, 0.3) is 0 Å². The van der Waals surface area contributed by atoms with Crippen LogP contribution in [0.2, 0.25) is 5.02 Å². The molecule has 1 aromatic carbocycles. The molecule has 1 N–H and O–H groups in total. The summed E-state index contributed by atoms with van der Waals surface area (Å²) >= 11 is 6.30. The first-order valence-corrected chi connectivity index (χ1v) is 7.22. The highest BCUT2D eigenvalue weighted by Crippen LogP contribution is 2.36. The van der Waals surface area contributed by atoms with Crippen LogP contribution in [-0.2, 0) is 6.54 Å². The van der Waals surface area contributed by atoms with E-state index in [9.17, 15) is 0 Å². The molecule has 0 spiro atoms. The molecule has 3 heteroatoms. The molecule has 0 bridgehead atoms. The van der Waals surface area contributed by atoms with Crippen LogP contribution in [0.15, 0.2) is 16.5 Å². The maximum atomic E-state index is 6.30. The normalized spacial score (nSPS) is 12.0. The summed E-state index contributed by atoms with van der Waals surface area (Å²) in [7, 11) is 0. The Labute approximate surface area is 120 Å². The van der Waals surface area contributed by atoms with Gasteiger partial charge in [-0.1, -0.05) is 39.3 Å². The summed E-state index contributed by atoms with van der Waals surface area (Å²) in [6.45, 7) is 11.5. The fourth-order valence-electron chi connectivity index (χ4n) is 2.42. The number of hydrogen-bond donors (Lipinski definition) is 1. The Morgan fingerprint density at radius 3 is 2.47 bits per heavy atom. The molecule has 0 aliphatic carbocycles. The third-order valence-corrected chi connectivity index (χ3v) is 3.53. The topological polar surface area (TPSA) is 25.2 Å². The molecule has 0 fully saturated rings. The van der Waals surface area contributed by atoms with E-state index in [1.807, 2.05) is 6.07 Å². The number of benzene rings is 1. The SMILES string of the molecule is Cc1cc(Cl)c2oc(CNC(C)C)c(C(C)C)c2c1. The van der Waals surface area contributed by atoms with Gasteiger partial charge in [-0.2, -0.15) is 0 Å². The van der Waals surface area contributed by atoms with Crippen LogP contribution in [0.1, 0.15) is 50.5 Å². The Kier molecular flexibility index (Phi) is 4.22. The third kappa shape index (κ3) is 2.96. The Bertz CT molecular complexity index is 584. The molecule has 2 aromatic rings. The molecule has 0 atom stereocenters.